The lowest BCUT2D eigenvalue weighted by Crippen LogP contribution is -2.37. The van der Waals surface area contributed by atoms with Gasteiger partial charge in [0.1, 0.15) is 0 Å². The third-order valence-corrected chi connectivity index (χ3v) is 5.50. The van der Waals surface area contributed by atoms with Crippen molar-refractivity contribution in [2.45, 2.75) is 44.6 Å². The number of amides is 2. The first-order valence-corrected chi connectivity index (χ1v) is 9.55. The molecule has 2 heterocycles. The maximum atomic E-state index is 12.1. The van der Waals surface area contributed by atoms with E-state index in [4.69, 9.17) is 0 Å². The Labute approximate surface area is 143 Å². The number of nitrogens with zero attached hydrogens (tertiary/aromatic N) is 1. The molecule has 23 heavy (non-hydrogen) atoms. The van der Waals surface area contributed by atoms with Crippen LogP contribution >= 0.6 is 22.7 Å². The predicted octanol–water partition coefficient (Wildman–Crippen LogP) is 3.45. The lowest BCUT2D eigenvalue weighted by atomic mass is 9.95. The number of nitrogens with one attached hydrogen (secondary N) is 2. The first kappa shape index (κ1) is 16.1. The van der Waals surface area contributed by atoms with Crippen LogP contribution in [-0.2, 0) is 11.2 Å². The molecule has 2 N–H and O–H groups in total. The van der Waals surface area contributed by atoms with Crippen LogP contribution < -0.4 is 10.6 Å². The van der Waals surface area contributed by atoms with Gasteiger partial charge in [0.15, 0.2) is 5.13 Å². The minimum atomic E-state index is -0.160. The Bertz CT molecular complexity index is 661. The zero-order chi connectivity index (χ0) is 16.1. The molecule has 2 aromatic heterocycles. The summed E-state index contributed by atoms with van der Waals surface area (Å²) >= 11 is 2.73. The van der Waals surface area contributed by atoms with E-state index in [1.807, 2.05) is 16.8 Å². The number of carbonyl (C=O) groups excluding carboxylic acids is 2. The second kappa shape index (κ2) is 7.70. The number of thiazole rings is 1. The largest absolute Gasteiger partial charge is 0.353 e. The SMILES string of the molecule is O=C(Cc1csc(NC(=O)c2cccs2)n1)NC1CCCCC1. The monoisotopic (exact) mass is 349 g/mol. The minimum Gasteiger partial charge on any atom is -0.353 e. The molecular formula is C16H19N3O2S2. The molecule has 1 saturated carbocycles. The van der Waals surface area contributed by atoms with Crippen LogP contribution in [0.15, 0.2) is 22.9 Å². The van der Waals surface area contributed by atoms with Crippen molar-refractivity contribution in [3.63, 3.8) is 0 Å². The molecule has 2 aromatic rings. The summed E-state index contributed by atoms with van der Waals surface area (Å²) in [7, 11) is 0. The fourth-order valence-electron chi connectivity index (χ4n) is 2.70. The maximum Gasteiger partial charge on any atom is 0.267 e. The molecule has 0 atom stereocenters. The molecule has 0 aromatic carbocycles. The zero-order valence-corrected chi connectivity index (χ0v) is 14.3. The van der Waals surface area contributed by atoms with Crippen molar-refractivity contribution in [1.29, 1.82) is 0 Å². The zero-order valence-electron chi connectivity index (χ0n) is 12.7. The van der Waals surface area contributed by atoms with Crippen molar-refractivity contribution < 1.29 is 9.59 Å². The highest BCUT2D eigenvalue weighted by Crippen LogP contribution is 2.20. The van der Waals surface area contributed by atoms with Crippen molar-refractivity contribution in [3.8, 4) is 0 Å². The molecule has 1 fully saturated rings. The van der Waals surface area contributed by atoms with Crippen molar-refractivity contribution >= 4 is 39.6 Å². The van der Waals surface area contributed by atoms with Gasteiger partial charge in [0.25, 0.3) is 5.91 Å². The number of hydrogen-bond donors (Lipinski definition) is 2. The van der Waals surface area contributed by atoms with Crippen molar-refractivity contribution in [2.75, 3.05) is 5.32 Å². The number of anilines is 1. The van der Waals surface area contributed by atoms with E-state index < -0.39 is 0 Å². The Morgan fingerprint density at radius 2 is 2.04 bits per heavy atom. The third kappa shape index (κ3) is 4.62. The van der Waals surface area contributed by atoms with Crippen molar-refractivity contribution in [3.05, 3.63) is 33.5 Å². The van der Waals surface area contributed by atoms with Gasteiger partial charge in [-0.25, -0.2) is 4.98 Å². The highest BCUT2D eigenvalue weighted by Gasteiger charge is 2.17. The molecule has 2 amide bonds. The van der Waals surface area contributed by atoms with E-state index in [9.17, 15) is 9.59 Å². The van der Waals surface area contributed by atoms with Gasteiger partial charge in [-0.05, 0) is 24.3 Å². The van der Waals surface area contributed by atoms with Gasteiger partial charge in [-0.1, -0.05) is 25.3 Å². The Morgan fingerprint density at radius 1 is 1.22 bits per heavy atom. The number of aromatic nitrogens is 1. The van der Waals surface area contributed by atoms with Gasteiger partial charge in [-0.2, -0.15) is 0 Å². The summed E-state index contributed by atoms with van der Waals surface area (Å²) < 4.78 is 0. The fraction of sp³-hybridized carbons (Fsp3) is 0.438. The summed E-state index contributed by atoms with van der Waals surface area (Å²) in [4.78, 5) is 29.0. The molecule has 1 aliphatic carbocycles. The normalized spacial score (nSPS) is 15.3. The van der Waals surface area contributed by atoms with Crippen LogP contribution in [0.1, 0.15) is 47.5 Å². The van der Waals surface area contributed by atoms with Crippen LogP contribution in [0.3, 0.4) is 0 Å². The van der Waals surface area contributed by atoms with Gasteiger partial charge in [0.2, 0.25) is 5.91 Å². The van der Waals surface area contributed by atoms with Gasteiger partial charge in [0.05, 0.1) is 17.0 Å². The average Bonchev–Trinajstić information content (AvgIpc) is 3.20. The average molecular weight is 349 g/mol. The van der Waals surface area contributed by atoms with Crippen LogP contribution in [0.5, 0.6) is 0 Å². The summed E-state index contributed by atoms with van der Waals surface area (Å²) in [5.74, 6) is -0.147. The molecule has 5 nitrogen and oxygen atoms in total. The first-order chi connectivity index (χ1) is 11.2. The van der Waals surface area contributed by atoms with Crippen LogP contribution in [0.25, 0.3) is 0 Å². The van der Waals surface area contributed by atoms with E-state index in [-0.39, 0.29) is 18.2 Å². The number of thiophene rings is 1. The molecule has 0 bridgehead atoms. The lowest BCUT2D eigenvalue weighted by molar-refractivity contribution is -0.121. The topological polar surface area (TPSA) is 71.1 Å². The van der Waals surface area contributed by atoms with E-state index in [0.29, 0.717) is 21.7 Å². The van der Waals surface area contributed by atoms with E-state index >= 15 is 0 Å². The molecule has 122 valence electrons. The van der Waals surface area contributed by atoms with Crippen molar-refractivity contribution in [2.24, 2.45) is 0 Å². The van der Waals surface area contributed by atoms with Gasteiger partial charge in [-0.3, -0.25) is 14.9 Å². The molecular weight excluding hydrogens is 330 g/mol. The number of carbonyl (C=O) groups is 2. The summed E-state index contributed by atoms with van der Waals surface area (Å²) in [6.45, 7) is 0. The smallest absolute Gasteiger partial charge is 0.267 e. The van der Waals surface area contributed by atoms with Gasteiger partial charge < -0.3 is 5.32 Å². The predicted molar refractivity (Wildman–Crippen MR) is 93.1 cm³/mol. The standard InChI is InChI=1S/C16H19N3O2S2/c20-14(17-11-5-2-1-3-6-11)9-12-10-23-16(18-12)19-15(21)13-7-4-8-22-13/h4,7-8,10-11H,1-3,5-6,9H2,(H,17,20)(H,18,19,21). The second-order valence-electron chi connectivity index (χ2n) is 5.65. The molecule has 0 radical (unpaired) electrons. The Morgan fingerprint density at radius 3 is 2.78 bits per heavy atom. The Balaban J connectivity index is 1.50. The third-order valence-electron chi connectivity index (χ3n) is 3.83. The molecule has 1 aliphatic rings. The highest BCUT2D eigenvalue weighted by atomic mass is 32.1. The van der Waals surface area contributed by atoms with Crippen LogP contribution in [0.4, 0.5) is 5.13 Å². The molecule has 0 saturated heterocycles. The summed E-state index contributed by atoms with van der Waals surface area (Å²) in [5, 5.41) is 10.1. The van der Waals surface area contributed by atoms with E-state index in [1.165, 1.54) is 41.9 Å². The van der Waals surface area contributed by atoms with E-state index in [0.717, 1.165) is 12.8 Å². The Kier molecular flexibility index (Phi) is 5.40. The van der Waals surface area contributed by atoms with E-state index in [1.54, 1.807) is 6.07 Å². The summed E-state index contributed by atoms with van der Waals surface area (Å²) in [6.07, 6.45) is 6.07. The second-order valence-corrected chi connectivity index (χ2v) is 7.46. The lowest BCUT2D eigenvalue weighted by Gasteiger charge is -2.22. The van der Waals surface area contributed by atoms with Gasteiger partial charge >= 0.3 is 0 Å². The van der Waals surface area contributed by atoms with Crippen LogP contribution in [0.2, 0.25) is 0 Å². The van der Waals surface area contributed by atoms with E-state index in [2.05, 4.69) is 15.6 Å². The quantitative estimate of drug-likeness (QED) is 0.868. The van der Waals surface area contributed by atoms with Gasteiger partial charge in [-0.15, -0.1) is 22.7 Å². The number of rotatable bonds is 5. The molecule has 0 spiro atoms. The fourth-order valence-corrected chi connectivity index (χ4v) is 4.03. The number of hydrogen-bond acceptors (Lipinski definition) is 5. The minimum absolute atomic E-state index is 0.0123. The summed E-state index contributed by atoms with van der Waals surface area (Å²) in [5.41, 5.74) is 0.699. The van der Waals surface area contributed by atoms with Crippen LogP contribution in [-0.4, -0.2) is 22.8 Å². The van der Waals surface area contributed by atoms with Crippen molar-refractivity contribution in [1.82, 2.24) is 10.3 Å². The highest BCUT2D eigenvalue weighted by molar-refractivity contribution is 7.14. The van der Waals surface area contributed by atoms with Gasteiger partial charge in [0, 0.05) is 11.4 Å². The Hall–Kier alpha value is -1.73. The summed E-state index contributed by atoms with van der Waals surface area (Å²) in [6, 6.07) is 3.92. The molecule has 0 aliphatic heterocycles. The first-order valence-electron chi connectivity index (χ1n) is 7.79. The van der Waals surface area contributed by atoms with Crippen LogP contribution in [0, 0.1) is 0 Å². The maximum absolute atomic E-state index is 12.1. The molecule has 7 heteroatoms. The molecule has 0 unspecified atom stereocenters. The molecule has 3 rings (SSSR count).